The summed E-state index contributed by atoms with van der Waals surface area (Å²) in [5.41, 5.74) is 10.1. The van der Waals surface area contributed by atoms with E-state index in [0.29, 0.717) is 35.7 Å². The predicted octanol–water partition coefficient (Wildman–Crippen LogP) is 4.91. The molecule has 15 nitrogen and oxygen atoms in total. The van der Waals surface area contributed by atoms with Crippen molar-refractivity contribution in [2.75, 3.05) is 97.5 Å². The zero-order chi connectivity index (χ0) is 46.8. The molecule has 4 aliphatic rings. The van der Waals surface area contributed by atoms with Gasteiger partial charge in [0.1, 0.15) is 28.5 Å². The third-order valence-electron chi connectivity index (χ3n) is 14.1. The summed E-state index contributed by atoms with van der Waals surface area (Å²) in [6.45, 7) is 12.1. The minimum absolute atomic E-state index is 0. The number of likely N-dealkylation sites (N-methyl/N-ethyl adjacent to an activating group) is 2. The molecule has 0 bridgehead atoms. The Bertz CT molecular complexity index is 2650. The first-order chi connectivity index (χ1) is 31.8. The molecule has 3 radical (unpaired) electrons. The number of aromatic amines is 2. The third-order valence-corrected chi connectivity index (χ3v) is 14.9. The van der Waals surface area contributed by atoms with E-state index in [-0.39, 0.29) is 84.2 Å². The number of aliphatic hydroxyl groups excluding tert-OH is 2. The quantitative estimate of drug-likeness (QED) is 0.167. The number of nitrogens with zero attached hydrogens (tertiary/aromatic N) is 10. The molecule has 10 rings (SSSR count). The van der Waals surface area contributed by atoms with Gasteiger partial charge in [0.15, 0.2) is 0 Å². The number of hydrogen-bond acceptors (Lipinski definition) is 13. The summed E-state index contributed by atoms with van der Waals surface area (Å²) in [5.74, 6) is 1.95. The largest absolute Gasteiger partial charge is 1.00 e. The van der Waals surface area contributed by atoms with Crippen LogP contribution in [0.25, 0.3) is 22.1 Å². The molecule has 373 valence electrons. The normalized spacial score (nSPS) is 22.4. The molecular weight excluding hydrogens is 933 g/mol. The Hall–Kier alpha value is -3.65. The van der Waals surface area contributed by atoms with Crippen molar-refractivity contribution >= 4 is 70.8 Å². The SMILES string of the molecule is C.C.CO.Cc1c(Cl)ccnc1[C@@H]1CC(=O)C[C@H](c2nc3c(N4CCN(C)CC4)cccc3[nH]2)N1C.Cc1c(Cl)ccnc1[C@@H]1CC(O)C[C@H](c2nc3c(N4CCN(C)CC4)cccc3[nH]2)N1C.[B].[H-].[Na+]. The van der Waals surface area contributed by atoms with Gasteiger partial charge in [-0.15, -0.1) is 0 Å². The van der Waals surface area contributed by atoms with Gasteiger partial charge in [-0.2, -0.15) is 0 Å². The standard InChI is InChI=1S/C24H31ClN6O.C24H29ClN6O.CH4O.2CH4.B.Na.H/c2*1-15-17(25)7-8-26-22(15)20-13-16(32)14-21(30(20)3)24-27-18-5-4-6-19(23(18)28-24)31-11-9-29(2)10-12-31;1-2;;;;;/h4-8,16,20-21,32H,9-14H2,1-3H3,(H,27,28);4-8,20-21H,9-14H2,1-3H3,(H,27,28);2H,1H3;2*1H4;;;/q;;;;;;+1;-1/t16?,20-,21+;20-,21+;;;;;;/m00....../s1. The van der Waals surface area contributed by atoms with E-state index in [2.05, 4.69) is 114 Å². The maximum absolute atomic E-state index is 12.8. The molecule has 8 heterocycles. The summed E-state index contributed by atoms with van der Waals surface area (Å²) >= 11 is 12.7. The Morgan fingerprint density at radius 2 is 1.01 bits per heavy atom. The van der Waals surface area contributed by atoms with Crippen molar-refractivity contribution in [1.29, 1.82) is 0 Å². The molecule has 4 N–H and O–H groups in total. The number of hydrogen-bond donors (Lipinski definition) is 4. The van der Waals surface area contributed by atoms with Gasteiger partial charge in [0, 0.05) is 103 Å². The van der Waals surface area contributed by atoms with Crippen LogP contribution in [0.3, 0.4) is 0 Å². The fraction of sp³-hybridized carbons (Fsp3) is 0.510. The van der Waals surface area contributed by atoms with Crippen LogP contribution in [0.15, 0.2) is 60.9 Å². The number of carbonyl (C=O) groups excluding carboxylic acids is 1. The van der Waals surface area contributed by atoms with Crippen molar-refractivity contribution in [1.82, 2.24) is 49.5 Å². The van der Waals surface area contributed by atoms with E-state index in [0.717, 1.165) is 121 Å². The zero-order valence-corrected chi connectivity index (χ0v) is 44.3. The number of aliphatic hydroxyl groups is 2. The van der Waals surface area contributed by atoms with E-state index >= 15 is 0 Å². The number of Topliss-reactive ketones (excluding diaryl/α,β-unsaturated/α-hetero) is 1. The van der Waals surface area contributed by atoms with Gasteiger partial charge in [0.25, 0.3) is 0 Å². The summed E-state index contributed by atoms with van der Waals surface area (Å²) in [6.07, 6.45) is 5.19. The zero-order valence-electron chi connectivity index (χ0n) is 41.8. The maximum Gasteiger partial charge on any atom is 1.00 e. The van der Waals surface area contributed by atoms with Crippen molar-refractivity contribution in [3.63, 3.8) is 0 Å². The Morgan fingerprint density at radius 3 is 1.49 bits per heavy atom. The topological polar surface area (TPSA) is 160 Å². The van der Waals surface area contributed by atoms with Gasteiger partial charge in [-0.3, -0.25) is 24.6 Å². The number of piperazine rings is 2. The molecule has 70 heavy (non-hydrogen) atoms. The van der Waals surface area contributed by atoms with Gasteiger partial charge in [0.05, 0.1) is 64.1 Å². The molecule has 4 saturated heterocycles. The molecule has 4 aromatic heterocycles. The molecule has 4 fully saturated rings. The molecular formula is C51H73BCl2N12NaO3. The molecule has 0 spiro atoms. The summed E-state index contributed by atoms with van der Waals surface area (Å²) in [7, 11) is 9.48. The number of benzene rings is 2. The van der Waals surface area contributed by atoms with Crippen LogP contribution in [0.5, 0.6) is 0 Å². The average molecular weight is 1010 g/mol. The van der Waals surface area contributed by atoms with E-state index in [9.17, 15) is 9.90 Å². The van der Waals surface area contributed by atoms with E-state index in [1.165, 1.54) is 5.69 Å². The van der Waals surface area contributed by atoms with E-state index < -0.39 is 6.10 Å². The summed E-state index contributed by atoms with van der Waals surface area (Å²) in [5, 5.41) is 19.2. The smallest absolute Gasteiger partial charge is 1.00 e. The Labute approximate surface area is 450 Å². The van der Waals surface area contributed by atoms with Gasteiger partial charge >= 0.3 is 29.6 Å². The molecule has 0 amide bonds. The Kier molecular flexibility index (Phi) is 21.7. The van der Waals surface area contributed by atoms with Crippen molar-refractivity contribution in [3.8, 4) is 0 Å². The van der Waals surface area contributed by atoms with Crippen LogP contribution in [-0.2, 0) is 4.79 Å². The fourth-order valence-corrected chi connectivity index (χ4v) is 10.4. The van der Waals surface area contributed by atoms with Crippen molar-refractivity contribution in [2.45, 2.75) is 84.7 Å². The molecule has 5 atom stereocenters. The fourth-order valence-electron chi connectivity index (χ4n) is 10.1. The number of para-hydroxylation sites is 2. The van der Waals surface area contributed by atoms with Crippen molar-refractivity contribution in [2.24, 2.45) is 0 Å². The van der Waals surface area contributed by atoms with Crippen LogP contribution >= 0.6 is 23.2 Å². The number of pyridine rings is 2. The second-order valence-corrected chi connectivity index (χ2v) is 19.1. The van der Waals surface area contributed by atoms with Crippen molar-refractivity contribution < 1.29 is 46.0 Å². The minimum Gasteiger partial charge on any atom is -1.00 e. The number of H-pyrrole nitrogens is 2. The third kappa shape index (κ3) is 12.4. The number of carbonyl (C=O) groups is 1. The first-order valence-corrected chi connectivity index (χ1v) is 23.7. The number of nitrogens with one attached hydrogen (secondary N) is 2. The second kappa shape index (κ2) is 25.8. The van der Waals surface area contributed by atoms with E-state index in [1.807, 2.05) is 19.9 Å². The summed E-state index contributed by atoms with van der Waals surface area (Å²) in [6, 6.07) is 16.0. The average Bonchev–Trinajstić information content (AvgIpc) is 3.97. The maximum atomic E-state index is 12.8. The van der Waals surface area contributed by atoms with Crippen molar-refractivity contribution in [3.05, 3.63) is 105 Å². The number of anilines is 2. The number of halogens is 2. The van der Waals surface area contributed by atoms with Gasteiger partial charge in [-0.05, 0) is 102 Å². The number of rotatable bonds is 6. The number of likely N-dealkylation sites (tertiary alicyclic amines) is 2. The molecule has 0 saturated carbocycles. The van der Waals surface area contributed by atoms with Crippen LogP contribution in [0.1, 0.15) is 100 Å². The monoisotopic (exact) mass is 1010 g/mol. The number of imidazole rings is 2. The minimum atomic E-state index is -0.424. The van der Waals surface area contributed by atoms with Gasteiger partial charge in [-0.1, -0.05) is 50.2 Å². The van der Waals surface area contributed by atoms with Crippen LogP contribution < -0.4 is 39.4 Å². The number of fused-ring (bicyclic) bond motifs is 2. The first kappa shape index (κ1) is 58.9. The number of piperidine rings is 2. The van der Waals surface area contributed by atoms with Gasteiger partial charge < -0.3 is 41.2 Å². The molecule has 2 aromatic carbocycles. The van der Waals surface area contributed by atoms with Gasteiger partial charge in [0.2, 0.25) is 0 Å². The van der Waals surface area contributed by atoms with Gasteiger partial charge in [-0.25, -0.2) is 9.97 Å². The van der Waals surface area contributed by atoms with Crippen LogP contribution in [0, 0.1) is 13.8 Å². The molecule has 1 unspecified atom stereocenters. The summed E-state index contributed by atoms with van der Waals surface area (Å²) < 4.78 is 0. The Morgan fingerprint density at radius 1 is 0.614 bits per heavy atom. The molecule has 6 aromatic rings. The molecule has 0 aliphatic carbocycles. The first-order valence-electron chi connectivity index (χ1n) is 23.0. The molecule has 4 aliphatic heterocycles. The van der Waals surface area contributed by atoms with E-state index in [4.69, 9.17) is 38.3 Å². The number of ketones is 1. The van der Waals surface area contributed by atoms with E-state index in [1.54, 1.807) is 18.5 Å². The predicted molar refractivity (Wildman–Crippen MR) is 284 cm³/mol. The van der Waals surface area contributed by atoms with Crippen LogP contribution in [0.2, 0.25) is 10.0 Å². The summed E-state index contributed by atoms with van der Waals surface area (Å²) in [4.78, 5) is 53.2. The molecule has 19 heteroatoms. The number of aromatic nitrogens is 6. The van der Waals surface area contributed by atoms with Crippen LogP contribution in [-0.4, -0.2) is 168 Å². The Balaban J connectivity index is 0.000000340. The second-order valence-electron chi connectivity index (χ2n) is 18.2. The van der Waals surface area contributed by atoms with Crippen LogP contribution in [0.4, 0.5) is 11.4 Å².